The summed E-state index contributed by atoms with van der Waals surface area (Å²) in [4.78, 5) is 13.8. The lowest BCUT2D eigenvalue weighted by Crippen LogP contribution is -2.46. The van der Waals surface area contributed by atoms with Gasteiger partial charge in [-0.2, -0.15) is 18.4 Å². The molecule has 0 aromatic heterocycles. The molecular formula is C26H17Cl2F3N2O2. The standard InChI is InChI=1S/C26H17Cl2F3N2O2/c27-20-10-19(11-21(28)12-20)25(26(29,30)31)13-18-8-15(5-6-23(18)35-25)16-3-4-17(14-32)22(9-16)33-7-1-2-24(33)34/h3-6,8-12H,1-2,7,13H2. The predicted molar refractivity (Wildman–Crippen MR) is 127 cm³/mol. The zero-order valence-corrected chi connectivity index (χ0v) is 19.6. The normalized spacial score (nSPS) is 19.4. The Morgan fingerprint density at radius 2 is 1.69 bits per heavy atom. The first-order chi connectivity index (χ1) is 16.6. The molecule has 1 saturated heterocycles. The number of alkyl halides is 3. The highest BCUT2D eigenvalue weighted by Crippen LogP contribution is 2.52. The second kappa shape index (κ2) is 8.47. The summed E-state index contributed by atoms with van der Waals surface area (Å²) >= 11 is 12.0. The van der Waals surface area contributed by atoms with Crippen LogP contribution in [0.15, 0.2) is 54.6 Å². The third kappa shape index (κ3) is 4.01. The fourth-order valence-electron chi connectivity index (χ4n) is 4.69. The second-order valence-corrected chi connectivity index (χ2v) is 9.45. The lowest BCUT2D eigenvalue weighted by molar-refractivity contribution is -0.248. The molecule has 2 aliphatic rings. The van der Waals surface area contributed by atoms with Crippen LogP contribution in [0.1, 0.15) is 29.5 Å². The van der Waals surface area contributed by atoms with Crippen LogP contribution in [-0.4, -0.2) is 18.6 Å². The summed E-state index contributed by atoms with van der Waals surface area (Å²) in [7, 11) is 0. The van der Waals surface area contributed by atoms with Crippen LogP contribution < -0.4 is 9.64 Å². The molecule has 0 spiro atoms. The fourth-order valence-corrected chi connectivity index (χ4v) is 5.22. The Labute approximate surface area is 209 Å². The Morgan fingerprint density at radius 3 is 2.31 bits per heavy atom. The topological polar surface area (TPSA) is 53.3 Å². The molecule has 5 rings (SSSR count). The van der Waals surface area contributed by atoms with Gasteiger partial charge in [0.2, 0.25) is 11.5 Å². The molecule has 3 aromatic rings. The fraction of sp³-hybridized carbons (Fsp3) is 0.231. The van der Waals surface area contributed by atoms with Gasteiger partial charge < -0.3 is 9.64 Å². The van der Waals surface area contributed by atoms with Gasteiger partial charge in [-0.1, -0.05) is 35.3 Å². The van der Waals surface area contributed by atoms with Crippen LogP contribution in [0, 0.1) is 11.3 Å². The molecule has 0 saturated carbocycles. The van der Waals surface area contributed by atoms with E-state index in [1.54, 1.807) is 35.2 Å². The molecule has 0 aliphatic carbocycles. The number of nitrogens with zero attached hydrogens (tertiary/aromatic N) is 2. The summed E-state index contributed by atoms with van der Waals surface area (Å²) in [5, 5.41) is 9.67. The van der Waals surface area contributed by atoms with Gasteiger partial charge in [-0.05, 0) is 65.6 Å². The number of amides is 1. The van der Waals surface area contributed by atoms with E-state index in [4.69, 9.17) is 27.9 Å². The van der Waals surface area contributed by atoms with Crippen molar-refractivity contribution in [2.24, 2.45) is 0 Å². The Kier molecular flexibility index (Phi) is 5.70. The summed E-state index contributed by atoms with van der Waals surface area (Å²) in [6, 6.07) is 15.8. The molecule has 0 N–H and O–H groups in total. The van der Waals surface area contributed by atoms with E-state index in [2.05, 4.69) is 6.07 Å². The number of ether oxygens (including phenoxy) is 1. The number of hydrogen-bond donors (Lipinski definition) is 0. The Morgan fingerprint density at radius 1 is 1.00 bits per heavy atom. The summed E-state index contributed by atoms with van der Waals surface area (Å²) in [6.07, 6.45) is -4.07. The van der Waals surface area contributed by atoms with Crippen molar-refractivity contribution in [3.63, 3.8) is 0 Å². The highest BCUT2D eigenvalue weighted by molar-refractivity contribution is 6.34. The third-order valence-electron chi connectivity index (χ3n) is 6.39. The number of rotatable bonds is 3. The lowest BCUT2D eigenvalue weighted by atomic mass is 9.87. The van der Waals surface area contributed by atoms with E-state index in [9.17, 15) is 23.2 Å². The Bertz CT molecular complexity index is 1380. The van der Waals surface area contributed by atoms with Crippen molar-refractivity contribution in [2.45, 2.75) is 31.0 Å². The van der Waals surface area contributed by atoms with Crippen LogP contribution in [0.5, 0.6) is 5.75 Å². The molecule has 1 unspecified atom stereocenters. The zero-order chi connectivity index (χ0) is 25.0. The summed E-state index contributed by atoms with van der Waals surface area (Å²) < 4.78 is 48.8. The minimum Gasteiger partial charge on any atom is -0.472 e. The predicted octanol–water partition coefficient (Wildman–Crippen LogP) is 7.05. The molecule has 0 radical (unpaired) electrons. The summed E-state index contributed by atoms with van der Waals surface area (Å²) in [5.74, 6) is 0.0573. The van der Waals surface area contributed by atoms with Gasteiger partial charge in [-0.25, -0.2) is 0 Å². The molecule has 35 heavy (non-hydrogen) atoms. The molecule has 2 aliphatic heterocycles. The van der Waals surface area contributed by atoms with E-state index < -0.39 is 18.2 Å². The van der Waals surface area contributed by atoms with Crippen LogP contribution in [0.4, 0.5) is 18.9 Å². The van der Waals surface area contributed by atoms with Gasteiger partial charge in [0.15, 0.2) is 0 Å². The van der Waals surface area contributed by atoms with Crippen molar-refractivity contribution in [2.75, 3.05) is 11.4 Å². The zero-order valence-electron chi connectivity index (χ0n) is 18.1. The third-order valence-corrected chi connectivity index (χ3v) is 6.82. The smallest absolute Gasteiger partial charge is 0.432 e. The molecule has 2 heterocycles. The Hall–Kier alpha value is -3.21. The van der Waals surface area contributed by atoms with Crippen LogP contribution >= 0.6 is 23.2 Å². The second-order valence-electron chi connectivity index (χ2n) is 8.58. The van der Waals surface area contributed by atoms with Crippen molar-refractivity contribution >= 4 is 34.8 Å². The molecule has 9 heteroatoms. The first kappa shape index (κ1) is 23.5. The molecule has 1 atom stereocenters. The molecule has 3 aromatic carbocycles. The van der Waals surface area contributed by atoms with Gasteiger partial charge in [0.25, 0.3) is 0 Å². The number of benzene rings is 3. The van der Waals surface area contributed by atoms with Crippen molar-refractivity contribution in [1.29, 1.82) is 5.26 Å². The molecule has 1 amide bonds. The average Bonchev–Trinajstić information content (AvgIpc) is 3.41. The molecule has 0 bridgehead atoms. The highest BCUT2D eigenvalue weighted by Gasteiger charge is 2.61. The summed E-state index contributed by atoms with van der Waals surface area (Å²) in [5.41, 5.74) is -0.235. The Balaban J connectivity index is 1.56. The van der Waals surface area contributed by atoms with Gasteiger partial charge in [-0.15, -0.1) is 0 Å². The summed E-state index contributed by atoms with van der Waals surface area (Å²) in [6.45, 7) is 0.519. The van der Waals surface area contributed by atoms with Gasteiger partial charge in [0, 0.05) is 35.0 Å². The van der Waals surface area contributed by atoms with Crippen LogP contribution in [0.25, 0.3) is 11.1 Å². The SMILES string of the molecule is N#Cc1ccc(-c2ccc3c(c2)CC(c2cc(Cl)cc(Cl)c2)(C(F)(F)F)O3)cc1N1CCCC1=O. The molecular weight excluding hydrogens is 500 g/mol. The minimum atomic E-state index is -4.74. The van der Waals surface area contributed by atoms with Gasteiger partial charge >= 0.3 is 6.18 Å². The molecule has 178 valence electrons. The number of carbonyl (C=O) groups is 1. The van der Waals surface area contributed by atoms with E-state index in [1.807, 2.05) is 0 Å². The number of anilines is 1. The van der Waals surface area contributed by atoms with E-state index >= 15 is 0 Å². The van der Waals surface area contributed by atoms with Gasteiger partial charge in [-0.3, -0.25) is 4.79 Å². The van der Waals surface area contributed by atoms with E-state index in [1.165, 1.54) is 24.3 Å². The maximum Gasteiger partial charge on any atom is 0.432 e. The number of fused-ring (bicyclic) bond motifs is 1. The van der Waals surface area contributed by atoms with Crippen molar-refractivity contribution in [1.82, 2.24) is 0 Å². The molecule has 4 nitrogen and oxygen atoms in total. The molecule has 1 fully saturated rings. The maximum absolute atomic E-state index is 14.4. The first-order valence-corrected chi connectivity index (χ1v) is 11.6. The van der Waals surface area contributed by atoms with Crippen LogP contribution in [0.2, 0.25) is 10.0 Å². The maximum atomic E-state index is 14.4. The van der Waals surface area contributed by atoms with Crippen molar-refractivity contribution < 1.29 is 22.7 Å². The number of halogens is 5. The van der Waals surface area contributed by atoms with E-state index in [0.717, 1.165) is 0 Å². The van der Waals surface area contributed by atoms with Gasteiger partial charge in [0.1, 0.15) is 11.8 Å². The number of nitriles is 1. The van der Waals surface area contributed by atoms with Gasteiger partial charge in [0.05, 0.1) is 11.3 Å². The van der Waals surface area contributed by atoms with Crippen LogP contribution in [-0.2, 0) is 16.8 Å². The first-order valence-electron chi connectivity index (χ1n) is 10.8. The largest absolute Gasteiger partial charge is 0.472 e. The van der Waals surface area contributed by atoms with Crippen molar-refractivity contribution in [3.8, 4) is 22.9 Å². The van der Waals surface area contributed by atoms with Crippen LogP contribution in [0.3, 0.4) is 0 Å². The minimum absolute atomic E-state index is 0.0591. The number of carbonyl (C=O) groups excluding carboxylic acids is 1. The quantitative estimate of drug-likeness (QED) is 0.374. The van der Waals surface area contributed by atoms with E-state index in [0.29, 0.717) is 47.3 Å². The highest BCUT2D eigenvalue weighted by atomic mass is 35.5. The van der Waals surface area contributed by atoms with E-state index in [-0.39, 0.29) is 27.3 Å². The average molecular weight is 517 g/mol. The monoisotopic (exact) mass is 516 g/mol. The number of hydrogen-bond acceptors (Lipinski definition) is 3. The lowest BCUT2D eigenvalue weighted by Gasteiger charge is -2.31. The van der Waals surface area contributed by atoms with Crippen molar-refractivity contribution in [3.05, 3.63) is 81.3 Å².